The Morgan fingerprint density at radius 3 is 2.89 bits per heavy atom. The van der Waals surface area contributed by atoms with Crippen LogP contribution in [0.3, 0.4) is 0 Å². The SMILES string of the molecule is O=C(O)/C=C/c1cnc(/C=C/c2cccnc2)s1. The lowest BCUT2D eigenvalue weighted by Gasteiger charge is -1.88. The van der Waals surface area contributed by atoms with Gasteiger partial charge in [0.05, 0.1) is 0 Å². The molecular weight excluding hydrogens is 248 g/mol. The highest BCUT2D eigenvalue weighted by Crippen LogP contribution is 2.17. The summed E-state index contributed by atoms with van der Waals surface area (Å²) in [5, 5.41) is 9.33. The molecule has 2 rings (SSSR count). The third-order valence-corrected chi connectivity index (χ3v) is 2.96. The van der Waals surface area contributed by atoms with Crippen molar-refractivity contribution in [2.24, 2.45) is 0 Å². The van der Waals surface area contributed by atoms with E-state index < -0.39 is 5.97 Å². The predicted octanol–water partition coefficient (Wildman–Crippen LogP) is 2.81. The summed E-state index contributed by atoms with van der Waals surface area (Å²) in [6, 6.07) is 3.81. The van der Waals surface area contributed by atoms with Crippen LogP contribution in [0.2, 0.25) is 0 Å². The van der Waals surface area contributed by atoms with Crippen LogP contribution < -0.4 is 0 Å². The molecule has 2 heterocycles. The van der Waals surface area contributed by atoms with E-state index in [2.05, 4.69) is 9.97 Å². The van der Waals surface area contributed by atoms with Crippen molar-refractivity contribution in [1.29, 1.82) is 0 Å². The molecule has 0 unspecified atom stereocenters. The lowest BCUT2D eigenvalue weighted by molar-refractivity contribution is -0.131. The van der Waals surface area contributed by atoms with Gasteiger partial charge in [-0.1, -0.05) is 12.1 Å². The average molecular weight is 258 g/mol. The van der Waals surface area contributed by atoms with Crippen LogP contribution >= 0.6 is 11.3 Å². The molecule has 0 bridgehead atoms. The fourth-order valence-electron chi connectivity index (χ4n) is 1.25. The van der Waals surface area contributed by atoms with Gasteiger partial charge in [0, 0.05) is 29.5 Å². The number of aromatic nitrogens is 2. The van der Waals surface area contributed by atoms with Gasteiger partial charge in [0.1, 0.15) is 5.01 Å². The van der Waals surface area contributed by atoms with Crippen LogP contribution in [0.5, 0.6) is 0 Å². The summed E-state index contributed by atoms with van der Waals surface area (Å²) in [4.78, 5) is 19.4. The first-order valence-electron chi connectivity index (χ1n) is 5.19. The van der Waals surface area contributed by atoms with Gasteiger partial charge in [-0.05, 0) is 23.8 Å². The molecule has 2 aromatic heterocycles. The van der Waals surface area contributed by atoms with Crippen molar-refractivity contribution < 1.29 is 9.90 Å². The fraction of sp³-hybridized carbons (Fsp3) is 0. The van der Waals surface area contributed by atoms with Gasteiger partial charge in [0.2, 0.25) is 0 Å². The third kappa shape index (κ3) is 3.64. The van der Waals surface area contributed by atoms with Crippen molar-refractivity contribution in [3.63, 3.8) is 0 Å². The van der Waals surface area contributed by atoms with Gasteiger partial charge in [0.15, 0.2) is 0 Å². The Morgan fingerprint density at radius 1 is 1.28 bits per heavy atom. The number of carboxylic acids is 1. The van der Waals surface area contributed by atoms with Gasteiger partial charge in [-0.15, -0.1) is 11.3 Å². The minimum Gasteiger partial charge on any atom is -0.478 e. The van der Waals surface area contributed by atoms with E-state index in [1.165, 1.54) is 17.4 Å². The van der Waals surface area contributed by atoms with Crippen LogP contribution in [-0.4, -0.2) is 21.0 Å². The van der Waals surface area contributed by atoms with E-state index in [4.69, 9.17) is 5.11 Å². The number of rotatable bonds is 4. The molecule has 1 N–H and O–H groups in total. The topological polar surface area (TPSA) is 63.1 Å². The molecule has 0 aromatic carbocycles. The summed E-state index contributed by atoms with van der Waals surface area (Å²) in [6.07, 6.45) is 11.5. The number of pyridine rings is 1. The maximum atomic E-state index is 10.4. The van der Waals surface area contributed by atoms with E-state index in [0.29, 0.717) is 0 Å². The molecule has 0 atom stereocenters. The number of hydrogen-bond acceptors (Lipinski definition) is 4. The van der Waals surface area contributed by atoms with Crippen molar-refractivity contribution >= 4 is 35.5 Å². The number of carbonyl (C=O) groups is 1. The number of thiazole rings is 1. The Hall–Kier alpha value is -2.27. The molecule has 0 spiro atoms. The first-order chi connectivity index (χ1) is 8.74. The molecule has 0 aliphatic rings. The van der Waals surface area contributed by atoms with E-state index >= 15 is 0 Å². The minimum absolute atomic E-state index is 0.809. The van der Waals surface area contributed by atoms with Crippen LogP contribution in [0.25, 0.3) is 18.2 Å². The van der Waals surface area contributed by atoms with Gasteiger partial charge in [-0.25, -0.2) is 9.78 Å². The van der Waals surface area contributed by atoms with Crippen molar-refractivity contribution in [3.05, 3.63) is 52.2 Å². The van der Waals surface area contributed by atoms with Crippen molar-refractivity contribution in [2.75, 3.05) is 0 Å². The quantitative estimate of drug-likeness (QED) is 0.856. The van der Waals surface area contributed by atoms with Crippen LogP contribution in [-0.2, 0) is 4.79 Å². The third-order valence-electron chi connectivity index (χ3n) is 2.03. The molecule has 0 amide bonds. The maximum absolute atomic E-state index is 10.4. The Labute approximate surface area is 108 Å². The maximum Gasteiger partial charge on any atom is 0.328 e. The summed E-state index contributed by atoms with van der Waals surface area (Å²) in [7, 11) is 0. The smallest absolute Gasteiger partial charge is 0.328 e. The molecular formula is C13H10N2O2S. The molecule has 18 heavy (non-hydrogen) atoms. The standard InChI is InChI=1S/C13H10N2O2S/c16-13(17)6-4-11-9-15-12(18-11)5-3-10-2-1-7-14-8-10/h1-9H,(H,16,17)/b5-3+,6-4+. The molecule has 0 saturated heterocycles. The Bertz CT molecular complexity index is 588. The summed E-state index contributed by atoms with van der Waals surface area (Å²) >= 11 is 1.43. The number of hydrogen-bond donors (Lipinski definition) is 1. The highest BCUT2D eigenvalue weighted by Gasteiger charge is 1.96. The second-order valence-corrected chi connectivity index (χ2v) is 4.49. The second-order valence-electron chi connectivity index (χ2n) is 3.39. The van der Waals surface area contributed by atoms with Gasteiger partial charge < -0.3 is 5.11 Å². The van der Waals surface area contributed by atoms with Crippen molar-refractivity contribution in [1.82, 2.24) is 9.97 Å². The lowest BCUT2D eigenvalue weighted by Crippen LogP contribution is -1.84. The molecule has 0 radical (unpaired) electrons. The van der Waals surface area contributed by atoms with E-state index in [-0.39, 0.29) is 0 Å². The Balaban J connectivity index is 2.07. The molecule has 5 heteroatoms. The van der Waals surface area contributed by atoms with Gasteiger partial charge >= 0.3 is 5.97 Å². The zero-order chi connectivity index (χ0) is 12.8. The number of aliphatic carboxylic acids is 1. The van der Waals surface area contributed by atoms with Crippen LogP contribution in [0.4, 0.5) is 0 Å². The Morgan fingerprint density at radius 2 is 2.17 bits per heavy atom. The molecule has 0 aliphatic heterocycles. The van der Waals surface area contributed by atoms with Gasteiger partial charge in [-0.3, -0.25) is 4.98 Å². The fourth-order valence-corrected chi connectivity index (χ4v) is 1.97. The summed E-state index contributed by atoms with van der Waals surface area (Å²) < 4.78 is 0. The van der Waals surface area contributed by atoms with E-state index in [9.17, 15) is 4.79 Å². The molecule has 0 saturated carbocycles. The van der Waals surface area contributed by atoms with Crippen molar-refractivity contribution in [2.45, 2.75) is 0 Å². The van der Waals surface area contributed by atoms with Gasteiger partial charge in [-0.2, -0.15) is 0 Å². The van der Waals surface area contributed by atoms with Crippen molar-refractivity contribution in [3.8, 4) is 0 Å². The van der Waals surface area contributed by atoms with Crippen LogP contribution in [0.1, 0.15) is 15.4 Å². The monoisotopic (exact) mass is 258 g/mol. The van der Waals surface area contributed by atoms with Crippen LogP contribution in [0, 0.1) is 0 Å². The highest BCUT2D eigenvalue weighted by molar-refractivity contribution is 7.13. The Kier molecular flexibility index (Phi) is 3.98. The lowest BCUT2D eigenvalue weighted by atomic mass is 10.3. The van der Waals surface area contributed by atoms with Crippen LogP contribution in [0.15, 0.2) is 36.8 Å². The molecule has 0 fully saturated rings. The van der Waals surface area contributed by atoms with E-state index in [0.717, 1.165) is 21.5 Å². The average Bonchev–Trinajstić information content (AvgIpc) is 2.83. The summed E-state index contributed by atoms with van der Waals surface area (Å²) in [5.74, 6) is -0.962. The highest BCUT2D eigenvalue weighted by atomic mass is 32.1. The first kappa shape index (κ1) is 12.2. The van der Waals surface area contributed by atoms with E-state index in [1.54, 1.807) is 18.6 Å². The second kappa shape index (κ2) is 5.88. The minimum atomic E-state index is -0.962. The number of carboxylic acid groups (broad SMARTS) is 1. The molecule has 2 aromatic rings. The molecule has 90 valence electrons. The summed E-state index contributed by atoms with van der Waals surface area (Å²) in [5.41, 5.74) is 0.996. The van der Waals surface area contributed by atoms with E-state index in [1.807, 2.05) is 24.3 Å². The van der Waals surface area contributed by atoms with Gasteiger partial charge in [0.25, 0.3) is 0 Å². The number of nitrogens with zero attached hydrogens (tertiary/aromatic N) is 2. The molecule has 4 nitrogen and oxygen atoms in total. The zero-order valence-corrected chi connectivity index (χ0v) is 10.2. The first-order valence-corrected chi connectivity index (χ1v) is 6.00. The molecule has 0 aliphatic carbocycles. The normalized spacial score (nSPS) is 11.3. The predicted molar refractivity (Wildman–Crippen MR) is 71.9 cm³/mol. The summed E-state index contributed by atoms with van der Waals surface area (Å²) in [6.45, 7) is 0. The largest absolute Gasteiger partial charge is 0.478 e. The zero-order valence-electron chi connectivity index (χ0n) is 9.35.